The van der Waals surface area contributed by atoms with Crippen LogP contribution in [0.5, 0.6) is 5.75 Å². The zero-order valence-corrected chi connectivity index (χ0v) is 14.2. The normalized spacial score (nSPS) is 10.5. The fourth-order valence-electron chi connectivity index (χ4n) is 2.40. The molecule has 24 heavy (non-hydrogen) atoms. The van der Waals surface area contributed by atoms with Gasteiger partial charge in [0.25, 0.3) is 0 Å². The lowest BCUT2D eigenvalue weighted by Gasteiger charge is -2.12. The fourth-order valence-corrected chi connectivity index (χ4v) is 4.42. The van der Waals surface area contributed by atoms with Gasteiger partial charge in [0.15, 0.2) is 0 Å². The van der Waals surface area contributed by atoms with Crippen LogP contribution < -0.4 is 15.3 Å². The van der Waals surface area contributed by atoms with Crippen molar-refractivity contribution in [2.75, 3.05) is 7.11 Å². The highest BCUT2D eigenvalue weighted by Crippen LogP contribution is 2.41. The van der Waals surface area contributed by atoms with Gasteiger partial charge < -0.3 is 4.74 Å². The molecule has 3 rings (SSSR count). The minimum atomic E-state index is -3.02. The van der Waals surface area contributed by atoms with E-state index in [9.17, 15) is 4.57 Å². The maximum Gasteiger partial charge on any atom is 0.211 e. The molecule has 0 saturated heterocycles. The number of benzene rings is 3. The first kappa shape index (κ1) is 16.1. The van der Waals surface area contributed by atoms with E-state index in [0.717, 1.165) is 21.9 Å². The first-order valence-corrected chi connectivity index (χ1v) is 9.32. The molecule has 0 aliphatic carbocycles. The van der Waals surface area contributed by atoms with E-state index in [4.69, 9.17) is 4.74 Å². The lowest BCUT2D eigenvalue weighted by molar-refractivity contribution is 0.414. The molecule has 2 nitrogen and oxygen atoms in total. The highest BCUT2D eigenvalue weighted by Gasteiger charge is 2.24. The Morgan fingerprint density at radius 1 is 0.792 bits per heavy atom. The standard InChI is InChI=1S/C21H17O2P/c1-23-19-10-8-9-18(17-19)15-16-24(22,20-11-4-2-5-12-20)21-13-6-3-7-14-21/h2-14,17H,1H3. The Kier molecular flexibility index (Phi) is 4.85. The predicted octanol–water partition coefficient (Wildman–Crippen LogP) is 4.02. The van der Waals surface area contributed by atoms with E-state index in [0.29, 0.717) is 0 Å². The molecule has 0 spiro atoms. The molecular weight excluding hydrogens is 315 g/mol. The molecule has 0 heterocycles. The van der Waals surface area contributed by atoms with E-state index in [1.807, 2.05) is 84.9 Å². The van der Waals surface area contributed by atoms with Gasteiger partial charge in [-0.2, -0.15) is 0 Å². The van der Waals surface area contributed by atoms with E-state index in [-0.39, 0.29) is 0 Å². The average molecular weight is 332 g/mol. The first-order chi connectivity index (χ1) is 11.7. The SMILES string of the molecule is COc1cccc(C#CP(=O)(c2ccccc2)c2ccccc2)c1. The van der Waals surface area contributed by atoms with Crippen LogP contribution in [-0.2, 0) is 4.57 Å². The molecule has 3 heteroatoms. The lowest BCUT2D eigenvalue weighted by atomic mass is 10.2. The van der Waals surface area contributed by atoms with Crippen LogP contribution in [0.2, 0.25) is 0 Å². The molecule has 0 unspecified atom stereocenters. The van der Waals surface area contributed by atoms with Crippen LogP contribution >= 0.6 is 7.14 Å². The Labute approximate surface area is 142 Å². The molecule has 0 aliphatic heterocycles. The molecule has 0 atom stereocenters. The second-order valence-corrected chi connectivity index (χ2v) is 7.72. The number of rotatable bonds is 3. The summed E-state index contributed by atoms with van der Waals surface area (Å²) < 4.78 is 19.0. The molecule has 0 amide bonds. The van der Waals surface area contributed by atoms with Crippen molar-refractivity contribution in [2.24, 2.45) is 0 Å². The van der Waals surface area contributed by atoms with Crippen molar-refractivity contribution < 1.29 is 9.30 Å². The highest BCUT2D eigenvalue weighted by atomic mass is 31.2. The summed E-state index contributed by atoms with van der Waals surface area (Å²) in [5.74, 6) is 3.80. The summed E-state index contributed by atoms with van der Waals surface area (Å²) in [7, 11) is -1.40. The second kappa shape index (κ2) is 7.21. The number of hydrogen-bond donors (Lipinski definition) is 0. The molecular formula is C21H17O2P. The molecule has 0 fully saturated rings. The zero-order chi connectivity index (χ0) is 16.8. The van der Waals surface area contributed by atoms with Crippen LogP contribution in [0.25, 0.3) is 0 Å². The smallest absolute Gasteiger partial charge is 0.211 e. The van der Waals surface area contributed by atoms with E-state index >= 15 is 0 Å². The van der Waals surface area contributed by atoms with Gasteiger partial charge in [-0.1, -0.05) is 72.7 Å². The van der Waals surface area contributed by atoms with Crippen molar-refractivity contribution in [1.29, 1.82) is 0 Å². The molecule has 0 aromatic heterocycles. The number of methoxy groups -OCH3 is 1. The molecule has 0 N–H and O–H groups in total. The van der Waals surface area contributed by atoms with Crippen molar-refractivity contribution in [3.63, 3.8) is 0 Å². The Bertz CT molecular complexity index is 879. The van der Waals surface area contributed by atoms with Crippen LogP contribution in [0.4, 0.5) is 0 Å². The van der Waals surface area contributed by atoms with Crippen molar-refractivity contribution in [3.8, 4) is 17.3 Å². The first-order valence-electron chi connectivity index (χ1n) is 7.61. The van der Waals surface area contributed by atoms with Gasteiger partial charge in [0, 0.05) is 16.2 Å². The van der Waals surface area contributed by atoms with Gasteiger partial charge in [0.2, 0.25) is 7.14 Å². The Hall–Kier alpha value is -2.75. The van der Waals surface area contributed by atoms with Gasteiger partial charge in [-0.05, 0) is 23.9 Å². The third-order valence-corrected chi connectivity index (χ3v) is 6.14. The van der Waals surface area contributed by atoms with Crippen LogP contribution in [0.15, 0.2) is 84.9 Å². The minimum absolute atomic E-state index is 0.732. The summed E-state index contributed by atoms with van der Waals surface area (Å²) >= 11 is 0. The van der Waals surface area contributed by atoms with Gasteiger partial charge >= 0.3 is 0 Å². The van der Waals surface area contributed by atoms with Crippen molar-refractivity contribution in [2.45, 2.75) is 0 Å². The minimum Gasteiger partial charge on any atom is -0.497 e. The van der Waals surface area contributed by atoms with Crippen LogP contribution in [0, 0.1) is 11.6 Å². The van der Waals surface area contributed by atoms with E-state index in [1.54, 1.807) is 7.11 Å². The molecule has 0 aliphatic rings. The highest BCUT2D eigenvalue weighted by molar-refractivity contribution is 7.83. The summed E-state index contributed by atoms with van der Waals surface area (Å²) in [6.45, 7) is 0. The fraction of sp³-hybridized carbons (Fsp3) is 0.0476. The van der Waals surface area contributed by atoms with Crippen molar-refractivity contribution in [1.82, 2.24) is 0 Å². The summed E-state index contributed by atoms with van der Waals surface area (Å²) in [5, 5.41) is 1.48. The van der Waals surface area contributed by atoms with Gasteiger partial charge in [0.05, 0.1) is 7.11 Å². The Morgan fingerprint density at radius 2 is 1.38 bits per heavy atom. The third-order valence-electron chi connectivity index (χ3n) is 3.67. The average Bonchev–Trinajstić information content (AvgIpc) is 2.67. The predicted molar refractivity (Wildman–Crippen MR) is 99.6 cm³/mol. The lowest BCUT2D eigenvalue weighted by Crippen LogP contribution is -2.14. The van der Waals surface area contributed by atoms with Gasteiger partial charge in [-0.15, -0.1) is 0 Å². The van der Waals surface area contributed by atoms with E-state index < -0.39 is 7.14 Å². The van der Waals surface area contributed by atoms with Gasteiger partial charge in [0.1, 0.15) is 5.75 Å². The van der Waals surface area contributed by atoms with Crippen LogP contribution in [0.1, 0.15) is 5.56 Å². The molecule has 3 aromatic carbocycles. The monoisotopic (exact) mass is 332 g/mol. The number of hydrogen-bond acceptors (Lipinski definition) is 2. The second-order valence-electron chi connectivity index (χ2n) is 5.25. The molecule has 0 radical (unpaired) electrons. The van der Waals surface area contributed by atoms with Crippen LogP contribution in [0.3, 0.4) is 0 Å². The summed E-state index contributed by atoms with van der Waals surface area (Å²) in [4.78, 5) is 0. The summed E-state index contributed by atoms with van der Waals surface area (Å²) in [6, 6.07) is 26.3. The third kappa shape index (κ3) is 3.43. The van der Waals surface area contributed by atoms with Crippen LogP contribution in [-0.4, -0.2) is 7.11 Å². The van der Waals surface area contributed by atoms with Gasteiger partial charge in [-0.3, -0.25) is 4.57 Å². The maximum atomic E-state index is 13.7. The van der Waals surface area contributed by atoms with E-state index in [1.165, 1.54) is 0 Å². The Morgan fingerprint density at radius 3 is 1.92 bits per heavy atom. The largest absolute Gasteiger partial charge is 0.497 e. The van der Waals surface area contributed by atoms with E-state index in [2.05, 4.69) is 11.6 Å². The topological polar surface area (TPSA) is 26.3 Å². The zero-order valence-electron chi connectivity index (χ0n) is 13.3. The molecule has 0 saturated carbocycles. The summed E-state index contributed by atoms with van der Waals surface area (Å²) in [5.41, 5.74) is 3.83. The molecule has 118 valence electrons. The quantitative estimate of drug-likeness (QED) is 0.535. The Balaban J connectivity index is 2.11. The molecule has 0 bridgehead atoms. The molecule has 3 aromatic rings. The van der Waals surface area contributed by atoms with Gasteiger partial charge in [-0.25, -0.2) is 0 Å². The maximum absolute atomic E-state index is 13.7. The van der Waals surface area contributed by atoms with Crippen molar-refractivity contribution >= 4 is 17.8 Å². The summed E-state index contributed by atoms with van der Waals surface area (Å²) in [6.07, 6.45) is 0. The number of ether oxygens (including phenoxy) is 1. The van der Waals surface area contributed by atoms with Crippen molar-refractivity contribution in [3.05, 3.63) is 90.5 Å².